The van der Waals surface area contributed by atoms with Gasteiger partial charge in [-0.2, -0.15) is 0 Å². The molecule has 0 aromatic heterocycles. The van der Waals surface area contributed by atoms with Gasteiger partial charge in [0.15, 0.2) is 5.78 Å². The highest BCUT2D eigenvalue weighted by molar-refractivity contribution is 5.97. The highest BCUT2D eigenvalue weighted by Crippen LogP contribution is 2.30. The Hall–Kier alpha value is -1.79. The van der Waals surface area contributed by atoms with Gasteiger partial charge in [0.2, 0.25) is 5.91 Å². The lowest BCUT2D eigenvalue weighted by Crippen LogP contribution is -2.40. The van der Waals surface area contributed by atoms with Crippen LogP contribution in [0.3, 0.4) is 0 Å². The van der Waals surface area contributed by atoms with Crippen molar-refractivity contribution in [2.45, 2.75) is 89.2 Å². The molecule has 2 aliphatic carbocycles. The summed E-state index contributed by atoms with van der Waals surface area (Å²) in [6, 6.07) is 6.24. The van der Waals surface area contributed by atoms with Crippen LogP contribution in [0.1, 0.15) is 87.4 Å². The van der Waals surface area contributed by atoms with Crippen LogP contribution in [-0.2, 0) is 4.79 Å². The number of benzene rings is 1. The lowest BCUT2D eigenvalue weighted by molar-refractivity contribution is -0.123. The number of likely N-dealkylation sites (tertiary alicyclic amines) is 1. The van der Waals surface area contributed by atoms with Crippen molar-refractivity contribution in [2.75, 3.05) is 19.6 Å². The quantitative estimate of drug-likeness (QED) is 0.537. The molecule has 1 aromatic rings. The summed E-state index contributed by atoms with van der Waals surface area (Å²) in [6.45, 7) is 3.00. The Kier molecular flexibility index (Phi) is 9.12. The molecule has 0 unspecified atom stereocenters. The Morgan fingerprint density at radius 3 is 2.32 bits per heavy atom. The van der Waals surface area contributed by atoms with Gasteiger partial charge in [0.05, 0.1) is 6.10 Å². The molecule has 3 aliphatic rings. The van der Waals surface area contributed by atoms with E-state index in [1.807, 2.05) is 0 Å². The number of ketones is 1. The summed E-state index contributed by atoms with van der Waals surface area (Å²) in [5, 5.41) is 13.1. The first-order valence-electron chi connectivity index (χ1n) is 13.5. The van der Waals surface area contributed by atoms with E-state index in [4.69, 9.17) is 0 Å². The van der Waals surface area contributed by atoms with Crippen molar-refractivity contribution < 1.29 is 19.1 Å². The van der Waals surface area contributed by atoms with E-state index in [0.29, 0.717) is 23.9 Å². The first-order valence-corrected chi connectivity index (χ1v) is 13.5. The van der Waals surface area contributed by atoms with Crippen LogP contribution in [0.15, 0.2) is 24.3 Å². The molecule has 1 heterocycles. The standard InChI is InChI=1S/C28H41FN2O3/c29-24-8-6-22(7-9-24)28(34)23-13-16-31(17-14-23)15-12-20-4-10-25(11-5-20)30-27(33)19-21-2-1-3-26(32)18-21/h6-9,20-21,23,25-26,32H,1-5,10-19H2,(H,30,33)/t20-,21-,25-,26+/m0/s1. The number of carbonyl (C=O) groups is 2. The van der Waals surface area contributed by atoms with Crippen molar-refractivity contribution in [1.29, 1.82) is 0 Å². The van der Waals surface area contributed by atoms with Crippen LogP contribution in [0.2, 0.25) is 0 Å². The molecule has 1 aliphatic heterocycles. The van der Waals surface area contributed by atoms with E-state index in [1.54, 1.807) is 12.1 Å². The molecule has 1 aromatic carbocycles. The predicted octanol–water partition coefficient (Wildman–Crippen LogP) is 4.73. The fourth-order valence-electron chi connectivity index (χ4n) is 6.23. The van der Waals surface area contributed by atoms with Crippen molar-refractivity contribution in [3.05, 3.63) is 35.6 Å². The molecule has 0 spiro atoms. The smallest absolute Gasteiger partial charge is 0.220 e. The number of aliphatic hydroxyl groups is 1. The van der Waals surface area contributed by atoms with Gasteiger partial charge < -0.3 is 15.3 Å². The largest absolute Gasteiger partial charge is 0.393 e. The van der Waals surface area contributed by atoms with E-state index in [-0.39, 0.29) is 29.5 Å². The first-order chi connectivity index (χ1) is 16.5. The molecule has 5 nitrogen and oxygen atoms in total. The molecule has 4 rings (SSSR count). The van der Waals surface area contributed by atoms with Gasteiger partial charge in [-0.15, -0.1) is 0 Å². The summed E-state index contributed by atoms with van der Waals surface area (Å²) in [4.78, 5) is 27.6. The number of halogens is 1. The van der Waals surface area contributed by atoms with Gasteiger partial charge in [0, 0.05) is 23.9 Å². The molecule has 0 bridgehead atoms. The molecule has 1 saturated heterocycles. The van der Waals surface area contributed by atoms with Crippen LogP contribution < -0.4 is 5.32 Å². The molecule has 1 amide bonds. The van der Waals surface area contributed by atoms with Crippen molar-refractivity contribution >= 4 is 11.7 Å². The van der Waals surface area contributed by atoms with Crippen LogP contribution in [0.4, 0.5) is 4.39 Å². The SMILES string of the molecule is O=C(C[C@H]1CCC[C@@H](O)C1)N[C@H]1CC[C@H](CCN2CCC(C(=O)c3ccc(F)cc3)CC2)CC1. The molecular formula is C28H41FN2O3. The Balaban J connectivity index is 1.09. The van der Waals surface area contributed by atoms with E-state index < -0.39 is 0 Å². The molecule has 188 valence electrons. The van der Waals surface area contributed by atoms with Crippen molar-refractivity contribution in [2.24, 2.45) is 17.8 Å². The van der Waals surface area contributed by atoms with Gasteiger partial charge in [-0.25, -0.2) is 4.39 Å². The van der Waals surface area contributed by atoms with E-state index in [0.717, 1.165) is 76.9 Å². The summed E-state index contributed by atoms with van der Waals surface area (Å²) < 4.78 is 13.1. The van der Waals surface area contributed by atoms with Gasteiger partial charge in [0.25, 0.3) is 0 Å². The maximum absolute atomic E-state index is 13.1. The molecule has 2 atom stereocenters. The number of carbonyl (C=O) groups excluding carboxylic acids is 2. The van der Waals surface area contributed by atoms with Crippen molar-refractivity contribution in [3.63, 3.8) is 0 Å². The molecule has 2 N–H and O–H groups in total. The molecular weight excluding hydrogens is 431 g/mol. The van der Waals surface area contributed by atoms with Gasteiger partial charge in [0.1, 0.15) is 5.82 Å². The van der Waals surface area contributed by atoms with Gasteiger partial charge >= 0.3 is 0 Å². The number of hydrogen-bond donors (Lipinski definition) is 2. The van der Waals surface area contributed by atoms with Crippen molar-refractivity contribution in [3.8, 4) is 0 Å². The summed E-state index contributed by atoms with van der Waals surface area (Å²) in [5.41, 5.74) is 0.625. The van der Waals surface area contributed by atoms with Gasteiger partial charge in [-0.05, 0) is 120 Å². The average molecular weight is 473 g/mol. The van der Waals surface area contributed by atoms with E-state index in [1.165, 1.54) is 31.4 Å². The third-order valence-corrected chi connectivity index (χ3v) is 8.38. The summed E-state index contributed by atoms with van der Waals surface area (Å²) in [7, 11) is 0. The Morgan fingerprint density at radius 2 is 1.65 bits per heavy atom. The lowest BCUT2D eigenvalue weighted by Gasteiger charge is -2.34. The molecule has 2 saturated carbocycles. The number of nitrogens with one attached hydrogen (secondary N) is 1. The van der Waals surface area contributed by atoms with E-state index in [9.17, 15) is 19.1 Å². The summed E-state index contributed by atoms with van der Waals surface area (Å²) >= 11 is 0. The number of amides is 1. The second kappa shape index (κ2) is 12.3. The van der Waals surface area contributed by atoms with Crippen LogP contribution in [0.25, 0.3) is 0 Å². The molecule has 0 radical (unpaired) electrons. The topological polar surface area (TPSA) is 69.6 Å². The van der Waals surface area contributed by atoms with Gasteiger partial charge in [-0.3, -0.25) is 9.59 Å². The average Bonchev–Trinajstić information content (AvgIpc) is 2.84. The number of piperidine rings is 1. The normalized spacial score (nSPS) is 29.0. The molecule has 6 heteroatoms. The highest BCUT2D eigenvalue weighted by atomic mass is 19.1. The Labute approximate surface area is 203 Å². The summed E-state index contributed by atoms with van der Waals surface area (Å²) in [5.74, 6) is 1.14. The monoisotopic (exact) mass is 472 g/mol. The first kappa shape index (κ1) is 25.3. The molecule has 3 fully saturated rings. The predicted molar refractivity (Wildman–Crippen MR) is 131 cm³/mol. The Morgan fingerprint density at radius 1 is 0.941 bits per heavy atom. The fraction of sp³-hybridized carbons (Fsp3) is 0.714. The van der Waals surface area contributed by atoms with E-state index >= 15 is 0 Å². The van der Waals surface area contributed by atoms with Crippen LogP contribution >= 0.6 is 0 Å². The number of nitrogens with zero attached hydrogens (tertiary/aromatic N) is 1. The van der Waals surface area contributed by atoms with Crippen LogP contribution in [-0.4, -0.2) is 53.5 Å². The second-order valence-electron chi connectivity index (χ2n) is 11.0. The number of Topliss-reactive ketones (excluding diaryl/α,β-unsaturated/α-hetero) is 1. The zero-order valence-electron chi connectivity index (χ0n) is 20.4. The highest BCUT2D eigenvalue weighted by Gasteiger charge is 2.28. The number of rotatable bonds is 8. The van der Waals surface area contributed by atoms with Crippen molar-refractivity contribution in [1.82, 2.24) is 10.2 Å². The van der Waals surface area contributed by atoms with Gasteiger partial charge in [-0.1, -0.05) is 6.42 Å². The minimum absolute atomic E-state index is 0.0534. The van der Waals surface area contributed by atoms with E-state index in [2.05, 4.69) is 10.2 Å². The third kappa shape index (κ3) is 7.35. The fourth-order valence-corrected chi connectivity index (χ4v) is 6.23. The zero-order valence-corrected chi connectivity index (χ0v) is 20.4. The van der Waals surface area contributed by atoms with Crippen LogP contribution in [0.5, 0.6) is 0 Å². The Bertz CT molecular complexity index is 798. The second-order valence-corrected chi connectivity index (χ2v) is 11.0. The minimum atomic E-state index is -0.303. The minimum Gasteiger partial charge on any atom is -0.393 e. The third-order valence-electron chi connectivity index (χ3n) is 8.38. The maximum Gasteiger partial charge on any atom is 0.220 e. The zero-order chi connectivity index (χ0) is 23.9. The summed E-state index contributed by atoms with van der Waals surface area (Å²) in [6.07, 6.45) is 11.5. The molecule has 34 heavy (non-hydrogen) atoms. The number of aliphatic hydroxyl groups excluding tert-OH is 1. The van der Waals surface area contributed by atoms with Crippen LogP contribution in [0, 0.1) is 23.6 Å². The number of hydrogen-bond acceptors (Lipinski definition) is 4. The lowest BCUT2D eigenvalue weighted by atomic mass is 9.83. The maximum atomic E-state index is 13.1.